The summed E-state index contributed by atoms with van der Waals surface area (Å²) >= 11 is 0. The second-order valence-electron chi connectivity index (χ2n) is 9.53. The highest BCUT2D eigenvalue weighted by Gasteiger charge is 2.46. The molecule has 2 aliphatic carbocycles. The summed E-state index contributed by atoms with van der Waals surface area (Å²) in [6.45, 7) is 5.90. The van der Waals surface area contributed by atoms with E-state index in [0.717, 1.165) is 44.2 Å². The van der Waals surface area contributed by atoms with Crippen molar-refractivity contribution in [1.82, 2.24) is 9.62 Å². The van der Waals surface area contributed by atoms with E-state index in [1.807, 2.05) is 6.07 Å². The molecular weight excluding hydrogens is 368 g/mol. The van der Waals surface area contributed by atoms with Gasteiger partial charge in [-0.2, -0.15) is 0 Å². The second-order valence-corrected chi connectivity index (χ2v) is 11.3. The van der Waals surface area contributed by atoms with Gasteiger partial charge >= 0.3 is 0 Å². The molecule has 0 bridgehead atoms. The summed E-state index contributed by atoms with van der Waals surface area (Å²) in [6.07, 6.45) is 11.5. The first-order valence-corrected chi connectivity index (χ1v) is 13.1. The molecule has 1 aromatic rings. The Morgan fingerprint density at radius 3 is 2.50 bits per heavy atom. The van der Waals surface area contributed by atoms with Crippen LogP contribution in [0.3, 0.4) is 0 Å². The monoisotopic (exact) mass is 404 g/mol. The second kappa shape index (κ2) is 8.08. The fraction of sp³-hybridized carbons (Fsp3) is 0.739. The van der Waals surface area contributed by atoms with Gasteiger partial charge in [0.1, 0.15) is 0 Å². The third-order valence-electron chi connectivity index (χ3n) is 7.76. The molecule has 0 aromatic heterocycles. The van der Waals surface area contributed by atoms with Crippen molar-refractivity contribution in [3.05, 3.63) is 35.4 Å². The number of fused-ring (bicyclic) bond motifs is 2. The highest BCUT2D eigenvalue weighted by atomic mass is 32.2. The van der Waals surface area contributed by atoms with Gasteiger partial charge in [-0.25, -0.2) is 13.1 Å². The minimum absolute atomic E-state index is 0.0698. The molecule has 1 N–H and O–H groups in total. The molecule has 0 radical (unpaired) electrons. The summed E-state index contributed by atoms with van der Waals surface area (Å²) < 4.78 is 26.7. The van der Waals surface area contributed by atoms with Gasteiger partial charge in [-0.05, 0) is 60.7 Å². The molecule has 4 rings (SSSR count). The zero-order valence-electron chi connectivity index (χ0n) is 17.5. The number of likely N-dealkylation sites (tertiary alicyclic amines) is 1. The summed E-state index contributed by atoms with van der Waals surface area (Å²) in [6, 6.07) is 8.44. The summed E-state index contributed by atoms with van der Waals surface area (Å²) in [5, 5.41) is 0. The Balaban J connectivity index is 1.44. The minimum Gasteiger partial charge on any atom is -0.303 e. The minimum atomic E-state index is -3.21. The van der Waals surface area contributed by atoms with E-state index < -0.39 is 10.0 Å². The third-order valence-corrected chi connectivity index (χ3v) is 8.47. The Morgan fingerprint density at radius 2 is 1.86 bits per heavy atom. The van der Waals surface area contributed by atoms with Crippen molar-refractivity contribution in [2.75, 3.05) is 25.9 Å². The zero-order chi connectivity index (χ0) is 19.8. The summed E-state index contributed by atoms with van der Waals surface area (Å²) in [5.74, 6) is 1.79. The average molecular weight is 405 g/mol. The number of hydrogen-bond donors (Lipinski definition) is 1. The van der Waals surface area contributed by atoms with Crippen LogP contribution in [-0.4, -0.2) is 39.2 Å². The molecule has 28 heavy (non-hydrogen) atoms. The quantitative estimate of drug-likeness (QED) is 0.772. The van der Waals surface area contributed by atoms with Crippen molar-refractivity contribution in [2.24, 2.45) is 11.8 Å². The van der Waals surface area contributed by atoms with Crippen molar-refractivity contribution in [1.29, 1.82) is 0 Å². The number of nitrogens with one attached hydrogen (secondary N) is 1. The number of nitrogens with zero attached hydrogens (tertiary/aromatic N) is 1. The zero-order valence-corrected chi connectivity index (χ0v) is 18.3. The first-order valence-electron chi connectivity index (χ1n) is 11.2. The Hall–Kier alpha value is -0.910. The number of benzene rings is 1. The lowest BCUT2D eigenvalue weighted by atomic mass is 9.73. The highest BCUT2D eigenvalue weighted by Crippen LogP contribution is 2.51. The van der Waals surface area contributed by atoms with E-state index in [4.69, 9.17) is 0 Å². The van der Waals surface area contributed by atoms with Crippen molar-refractivity contribution >= 4 is 10.0 Å². The van der Waals surface area contributed by atoms with Gasteiger partial charge in [0, 0.05) is 12.6 Å². The molecule has 1 heterocycles. The first kappa shape index (κ1) is 20.4. The van der Waals surface area contributed by atoms with Gasteiger partial charge in [0.05, 0.1) is 6.26 Å². The molecule has 1 saturated carbocycles. The van der Waals surface area contributed by atoms with E-state index in [9.17, 15) is 8.42 Å². The molecule has 5 heteroatoms. The van der Waals surface area contributed by atoms with Crippen LogP contribution in [0.1, 0.15) is 75.5 Å². The summed E-state index contributed by atoms with van der Waals surface area (Å²) in [5.41, 5.74) is 2.72. The Labute approximate surface area is 171 Å². The molecule has 1 spiro atoms. The van der Waals surface area contributed by atoms with Gasteiger partial charge < -0.3 is 4.90 Å². The Morgan fingerprint density at radius 1 is 1.18 bits per heavy atom. The molecule has 156 valence electrons. The largest absolute Gasteiger partial charge is 0.303 e. The van der Waals surface area contributed by atoms with Crippen molar-refractivity contribution in [2.45, 2.75) is 69.7 Å². The maximum absolute atomic E-state index is 11.9. The van der Waals surface area contributed by atoms with Gasteiger partial charge in [-0.3, -0.25) is 0 Å². The van der Waals surface area contributed by atoms with E-state index in [1.165, 1.54) is 56.0 Å². The van der Waals surface area contributed by atoms with Gasteiger partial charge in [0.2, 0.25) is 10.0 Å². The average Bonchev–Trinajstić information content (AvgIpc) is 3.29. The molecule has 2 fully saturated rings. The fourth-order valence-electron chi connectivity index (χ4n) is 6.27. The summed E-state index contributed by atoms with van der Waals surface area (Å²) in [7, 11) is -3.21. The van der Waals surface area contributed by atoms with Crippen molar-refractivity contribution in [3.63, 3.8) is 0 Å². The van der Waals surface area contributed by atoms with Crippen LogP contribution in [0.25, 0.3) is 0 Å². The van der Waals surface area contributed by atoms with E-state index in [1.54, 1.807) is 0 Å². The van der Waals surface area contributed by atoms with Crippen LogP contribution >= 0.6 is 0 Å². The number of hydrogen-bond acceptors (Lipinski definition) is 3. The normalized spacial score (nSPS) is 26.6. The standard InChI is InChI=1S/C23H36N2O2S/c1-3-18(19-8-4-5-9-19)17-25-14-12-23(13-15-25)16-22(24-28(2,26)27)20-10-6-7-11-21(20)23/h6-7,10-11,18-19,22,24H,3-5,8-9,12-17H2,1-2H3/t18-,22-/m1/s1. The highest BCUT2D eigenvalue weighted by molar-refractivity contribution is 7.88. The lowest BCUT2D eigenvalue weighted by Crippen LogP contribution is -2.44. The van der Waals surface area contributed by atoms with Gasteiger partial charge in [-0.1, -0.05) is 63.3 Å². The van der Waals surface area contributed by atoms with Crippen LogP contribution in [0.5, 0.6) is 0 Å². The van der Waals surface area contributed by atoms with E-state index in [-0.39, 0.29) is 11.5 Å². The predicted molar refractivity (Wildman–Crippen MR) is 115 cm³/mol. The molecule has 2 atom stereocenters. The topological polar surface area (TPSA) is 49.4 Å². The van der Waals surface area contributed by atoms with Crippen LogP contribution in [-0.2, 0) is 15.4 Å². The lowest BCUT2D eigenvalue weighted by molar-refractivity contribution is 0.118. The van der Waals surface area contributed by atoms with Crippen LogP contribution in [0.4, 0.5) is 0 Å². The molecule has 0 amide bonds. The van der Waals surface area contributed by atoms with Gasteiger partial charge in [0.15, 0.2) is 0 Å². The van der Waals surface area contributed by atoms with Gasteiger partial charge in [-0.15, -0.1) is 0 Å². The maximum atomic E-state index is 11.9. The van der Waals surface area contributed by atoms with E-state index in [0.29, 0.717) is 0 Å². The van der Waals surface area contributed by atoms with Crippen LogP contribution in [0, 0.1) is 11.8 Å². The maximum Gasteiger partial charge on any atom is 0.209 e. The molecule has 1 aromatic carbocycles. The summed E-state index contributed by atoms with van der Waals surface area (Å²) in [4.78, 5) is 2.69. The molecule has 1 saturated heterocycles. The van der Waals surface area contributed by atoms with Crippen molar-refractivity contribution < 1.29 is 8.42 Å². The predicted octanol–water partition coefficient (Wildman–Crippen LogP) is 4.23. The SMILES string of the molecule is CC[C@H](CN1CCC2(CC1)C[C@@H](NS(C)(=O)=O)c1ccccc12)C1CCCC1. The van der Waals surface area contributed by atoms with Crippen LogP contribution in [0.15, 0.2) is 24.3 Å². The van der Waals surface area contributed by atoms with Crippen LogP contribution < -0.4 is 4.72 Å². The Kier molecular flexibility index (Phi) is 5.88. The smallest absolute Gasteiger partial charge is 0.209 e. The molecule has 0 unspecified atom stereocenters. The number of rotatable bonds is 6. The van der Waals surface area contributed by atoms with Gasteiger partial charge in [0.25, 0.3) is 0 Å². The third kappa shape index (κ3) is 4.17. The first-order chi connectivity index (χ1) is 13.4. The van der Waals surface area contributed by atoms with E-state index >= 15 is 0 Å². The lowest BCUT2D eigenvalue weighted by Gasteiger charge is -2.42. The fourth-order valence-corrected chi connectivity index (χ4v) is 6.99. The molecule has 1 aliphatic heterocycles. The number of sulfonamides is 1. The van der Waals surface area contributed by atoms with E-state index in [2.05, 4.69) is 34.7 Å². The molecule has 3 aliphatic rings. The molecular formula is C23H36N2O2S. The Bertz CT molecular complexity index is 778. The molecule has 4 nitrogen and oxygen atoms in total. The van der Waals surface area contributed by atoms with Crippen molar-refractivity contribution in [3.8, 4) is 0 Å². The number of piperidine rings is 1. The van der Waals surface area contributed by atoms with Crippen LogP contribution in [0.2, 0.25) is 0 Å².